The fourth-order valence-corrected chi connectivity index (χ4v) is 3.50. The molecular weight excluding hydrogens is 302 g/mol. The lowest BCUT2D eigenvalue weighted by Crippen LogP contribution is -2.38. The summed E-state index contributed by atoms with van der Waals surface area (Å²) in [5.41, 5.74) is -0.462. The van der Waals surface area contributed by atoms with Crippen molar-refractivity contribution in [2.24, 2.45) is 5.92 Å². The van der Waals surface area contributed by atoms with E-state index in [9.17, 15) is 9.90 Å². The van der Waals surface area contributed by atoms with Crippen molar-refractivity contribution >= 4 is 16.9 Å². The molecule has 1 aromatic heterocycles. The highest BCUT2D eigenvalue weighted by molar-refractivity contribution is 5.78. The van der Waals surface area contributed by atoms with Crippen LogP contribution in [0.15, 0.2) is 34.7 Å². The van der Waals surface area contributed by atoms with Crippen LogP contribution in [0.3, 0.4) is 0 Å². The highest BCUT2D eigenvalue weighted by Gasteiger charge is 2.28. The van der Waals surface area contributed by atoms with Crippen LogP contribution >= 0.6 is 0 Å². The number of carbonyl (C=O) groups excluding carboxylic acids is 1. The maximum Gasteiger partial charge on any atom is 0.220 e. The molecule has 130 valence electrons. The summed E-state index contributed by atoms with van der Waals surface area (Å²) in [5.74, 6) is 1.19. The van der Waals surface area contributed by atoms with Crippen molar-refractivity contribution in [3.8, 4) is 0 Å². The molecule has 1 fully saturated rings. The lowest BCUT2D eigenvalue weighted by atomic mass is 9.86. The largest absolute Gasteiger partial charge is 0.458 e. The molecule has 4 nitrogen and oxygen atoms in total. The maximum atomic E-state index is 12.1. The minimum Gasteiger partial charge on any atom is -0.458 e. The Morgan fingerprint density at radius 3 is 2.79 bits per heavy atom. The van der Waals surface area contributed by atoms with E-state index in [1.54, 1.807) is 6.92 Å². The number of fused-ring (bicyclic) bond motifs is 1. The van der Waals surface area contributed by atoms with Gasteiger partial charge in [-0.2, -0.15) is 0 Å². The normalized spacial score (nSPS) is 18.4. The maximum absolute atomic E-state index is 12.1. The molecule has 0 radical (unpaired) electrons. The Morgan fingerprint density at radius 2 is 2.04 bits per heavy atom. The molecule has 24 heavy (non-hydrogen) atoms. The first-order valence-electron chi connectivity index (χ1n) is 9.03. The summed E-state index contributed by atoms with van der Waals surface area (Å²) in [5, 5.41) is 14.5. The Balaban J connectivity index is 1.51. The molecule has 2 N–H and O–H groups in total. The van der Waals surface area contributed by atoms with E-state index in [1.807, 2.05) is 30.3 Å². The SMILES string of the molecule is CC(O)(CNC(=O)CCC1CCCCC1)c1cc2ccccc2o1. The molecule has 1 atom stereocenters. The number of furan rings is 1. The quantitative estimate of drug-likeness (QED) is 0.838. The average molecular weight is 329 g/mol. The molecule has 0 bridgehead atoms. The van der Waals surface area contributed by atoms with Gasteiger partial charge in [-0.3, -0.25) is 4.79 Å². The fourth-order valence-electron chi connectivity index (χ4n) is 3.50. The zero-order valence-corrected chi connectivity index (χ0v) is 14.4. The number of benzene rings is 1. The molecule has 3 rings (SSSR count). The van der Waals surface area contributed by atoms with Gasteiger partial charge in [0.25, 0.3) is 0 Å². The fraction of sp³-hybridized carbons (Fsp3) is 0.550. The first-order valence-corrected chi connectivity index (χ1v) is 9.03. The van der Waals surface area contributed by atoms with Gasteiger partial charge in [-0.15, -0.1) is 0 Å². The number of para-hydroxylation sites is 1. The van der Waals surface area contributed by atoms with Crippen LogP contribution in [-0.4, -0.2) is 17.6 Å². The number of rotatable bonds is 6. The van der Waals surface area contributed by atoms with Crippen molar-refractivity contribution in [3.63, 3.8) is 0 Å². The van der Waals surface area contributed by atoms with Crippen molar-refractivity contribution in [2.75, 3.05) is 6.54 Å². The van der Waals surface area contributed by atoms with E-state index in [0.29, 0.717) is 18.1 Å². The van der Waals surface area contributed by atoms with E-state index in [2.05, 4.69) is 5.32 Å². The Labute approximate surface area is 143 Å². The number of aliphatic hydroxyl groups is 1. The van der Waals surface area contributed by atoms with Gasteiger partial charge >= 0.3 is 0 Å². The molecular formula is C20H27NO3. The first-order chi connectivity index (χ1) is 11.5. The summed E-state index contributed by atoms with van der Waals surface area (Å²) >= 11 is 0. The summed E-state index contributed by atoms with van der Waals surface area (Å²) in [7, 11) is 0. The Hall–Kier alpha value is -1.81. The highest BCUT2D eigenvalue weighted by atomic mass is 16.4. The summed E-state index contributed by atoms with van der Waals surface area (Å²) < 4.78 is 5.72. The Morgan fingerprint density at radius 1 is 1.29 bits per heavy atom. The molecule has 1 aliphatic carbocycles. The molecule has 0 saturated heterocycles. The highest BCUT2D eigenvalue weighted by Crippen LogP contribution is 2.28. The van der Waals surface area contributed by atoms with Crippen LogP contribution < -0.4 is 5.32 Å². The van der Waals surface area contributed by atoms with Crippen molar-refractivity contribution in [1.29, 1.82) is 0 Å². The van der Waals surface area contributed by atoms with Crippen LogP contribution in [0, 0.1) is 5.92 Å². The zero-order chi connectivity index (χ0) is 17.0. The molecule has 0 aliphatic heterocycles. The molecule has 1 aromatic carbocycles. The molecule has 1 aliphatic rings. The van der Waals surface area contributed by atoms with Crippen LogP contribution in [0.5, 0.6) is 0 Å². The van der Waals surface area contributed by atoms with Gasteiger partial charge in [-0.25, -0.2) is 0 Å². The summed E-state index contributed by atoms with van der Waals surface area (Å²) in [6.45, 7) is 1.84. The van der Waals surface area contributed by atoms with Gasteiger partial charge in [0.05, 0.1) is 6.54 Å². The van der Waals surface area contributed by atoms with E-state index >= 15 is 0 Å². The molecule has 1 saturated carbocycles. The van der Waals surface area contributed by atoms with Crippen molar-refractivity contribution in [1.82, 2.24) is 5.32 Å². The molecule has 2 aromatic rings. The van der Waals surface area contributed by atoms with Gasteiger partial charge in [0, 0.05) is 11.8 Å². The summed E-state index contributed by atoms with van der Waals surface area (Å²) in [6.07, 6.45) is 7.94. The third kappa shape index (κ3) is 4.18. The second-order valence-electron chi connectivity index (χ2n) is 7.24. The second kappa shape index (κ2) is 7.39. The van der Waals surface area contributed by atoms with E-state index < -0.39 is 5.60 Å². The van der Waals surface area contributed by atoms with E-state index in [0.717, 1.165) is 17.4 Å². The van der Waals surface area contributed by atoms with Gasteiger partial charge in [0.1, 0.15) is 16.9 Å². The van der Waals surface area contributed by atoms with Crippen LogP contribution in [-0.2, 0) is 10.4 Å². The van der Waals surface area contributed by atoms with Gasteiger partial charge in [0.2, 0.25) is 5.91 Å². The van der Waals surface area contributed by atoms with Crippen molar-refractivity contribution < 1.29 is 14.3 Å². The van der Waals surface area contributed by atoms with Gasteiger partial charge in [-0.1, -0.05) is 50.3 Å². The predicted octanol–water partition coefficient (Wildman–Crippen LogP) is 4.12. The Kier molecular flexibility index (Phi) is 5.24. The standard InChI is InChI=1S/C20H27NO3/c1-20(23,18-13-16-9-5-6-10-17(16)24-18)14-21-19(22)12-11-15-7-3-2-4-8-15/h5-6,9-10,13,15,23H,2-4,7-8,11-12,14H2,1H3,(H,21,22). The average Bonchev–Trinajstić information content (AvgIpc) is 3.04. The van der Waals surface area contributed by atoms with Gasteiger partial charge < -0.3 is 14.8 Å². The molecule has 4 heteroatoms. The smallest absolute Gasteiger partial charge is 0.220 e. The third-order valence-electron chi connectivity index (χ3n) is 5.09. The van der Waals surface area contributed by atoms with Gasteiger partial charge in [-0.05, 0) is 31.4 Å². The van der Waals surface area contributed by atoms with E-state index in [4.69, 9.17) is 4.42 Å². The van der Waals surface area contributed by atoms with E-state index in [-0.39, 0.29) is 12.5 Å². The number of amides is 1. The number of hydrogen-bond donors (Lipinski definition) is 2. The molecule has 0 spiro atoms. The lowest BCUT2D eigenvalue weighted by Gasteiger charge is -2.23. The summed E-state index contributed by atoms with van der Waals surface area (Å²) in [6, 6.07) is 9.49. The minimum absolute atomic E-state index is 0.0111. The third-order valence-corrected chi connectivity index (χ3v) is 5.09. The lowest BCUT2D eigenvalue weighted by molar-refractivity contribution is -0.122. The molecule has 1 unspecified atom stereocenters. The summed E-state index contributed by atoms with van der Waals surface area (Å²) in [4.78, 5) is 12.1. The number of carbonyl (C=O) groups is 1. The topological polar surface area (TPSA) is 62.5 Å². The van der Waals surface area contributed by atoms with Gasteiger partial charge in [0.15, 0.2) is 0 Å². The van der Waals surface area contributed by atoms with Crippen molar-refractivity contribution in [2.45, 2.75) is 57.5 Å². The van der Waals surface area contributed by atoms with Crippen LogP contribution in [0.25, 0.3) is 11.0 Å². The molecule has 1 heterocycles. The van der Waals surface area contributed by atoms with Crippen LogP contribution in [0.4, 0.5) is 0 Å². The van der Waals surface area contributed by atoms with E-state index in [1.165, 1.54) is 32.1 Å². The number of hydrogen-bond acceptors (Lipinski definition) is 3. The zero-order valence-electron chi connectivity index (χ0n) is 14.4. The van der Waals surface area contributed by atoms with Crippen molar-refractivity contribution in [3.05, 3.63) is 36.1 Å². The first kappa shape index (κ1) is 17.0. The predicted molar refractivity (Wildman–Crippen MR) is 94.6 cm³/mol. The Bertz CT molecular complexity index is 650. The number of nitrogens with one attached hydrogen (secondary N) is 1. The minimum atomic E-state index is -1.21. The second-order valence-corrected chi connectivity index (χ2v) is 7.24. The van der Waals surface area contributed by atoms with Crippen LogP contribution in [0.1, 0.15) is 57.6 Å². The molecule has 1 amide bonds. The monoisotopic (exact) mass is 329 g/mol. The van der Waals surface area contributed by atoms with Crippen LogP contribution in [0.2, 0.25) is 0 Å².